The maximum Gasteiger partial charge on any atom is 0.126 e. The van der Waals surface area contributed by atoms with Crippen molar-refractivity contribution < 1.29 is 9.13 Å². The lowest BCUT2D eigenvalue weighted by Gasteiger charge is -2.22. The second kappa shape index (κ2) is 6.71. The third-order valence-electron chi connectivity index (χ3n) is 2.74. The minimum absolute atomic E-state index is 0. The molecule has 1 aromatic rings. The number of rotatable bonds is 3. The molecule has 16 heavy (non-hydrogen) atoms. The van der Waals surface area contributed by atoms with E-state index in [0.29, 0.717) is 18.3 Å². The molecular formula is C12H17ClFNO. The molecule has 2 rings (SSSR count). The van der Waals surface area contributed by atoms with E-state index < -0.39 is 0 Å². The fourth-order valence-electron chi connectivity index (χ4n) is 1.82. The lowest BCUT2D eigenvalue weighted by Crippen LogP contribution is -2.30. The van der Waals surface area contributed by atoms with Gasteiger partial charge in [-0.1, -0.05) is 6.07 Å². The minimum Gasteiger partial charge on any atom is -0.493 e. The molecule has 0 bridgehead atoms. The van der Waals surface area contributed by atoms with Crippen LogP contribution >= 0.6 is 12.4 Å². The summed E-state index contributed by atoms with van der Waals surface area (Å²) in [6, 6.07) is 6.33. The van der Waals surface area contributed by atoms with Crippen LogP contribution in [0, 0.1) is 11.7 Å². The van der Waals surface area contributed by atoms with Gasteiger partial charge in [-0.15, -0.1) is 12.4 Å². The molecule has 0 spiro atoms. The van der Waals surface area contributed by atoms with E-state index in [1.54, 1.807) is 12.1 Å². The highest BCUT2D eigenvalue weighted by Crippen LogP contribution is 2.16. The van der Waals surface area contributed by atoms with Gasteiger partial charge < -0.3 is 10.1 Å². The van der Waals surface area contributed by atoms with Gasteiger partial charge in [-0.05, 0) is 44.0 Å². The molecule has 1 aromatic carbocycles. The highest BCUT2D eigenvalue weighted by molar-refractivity contribution is 5.85. The average Bonchev–Trinajstić information content (AvgIpc) is 2.28. The number of piperidine rings is 1. The SMILES string of the molecule is Cl.Fc1cccc(OCC2CCNCC2)c1. The van der Waals surface area contributed by atoms with Crippen LogP contribution in [0.2, 0.25) is 0 Å². The Bertz CT molecular complexity index is 316. The molecule has 90 valence electrons. The van der Waals surface area contributed by atoms with E-state index in [9.17, 15) is 4.39 Å². The van der Waals surface area contributed by atoms with Crippen LogP contribution in [0.4, 0.5) is 4.39 Å². The summed E-state index contributed by atoms with van der Waals surface area (Å²) in [7, 11) is 0. The van der Waals surface area contributed by atoms with Crippen LogP contribution in [-0.4, -0.2) is 19.7 Å². The molecule has 4 heteroatoms. The molecule has 0 unspecified atom stereocenters. The molecule has 0 aromatic heterocycles. The lowest BCUT2D eigenvalue weighted by molar-refractivity contribution is 0.214. The van der Waals surface area contributed by atoms with E-state index in [1.165, 1.54) is 12.1 Å². The van der Waals surface area contributed by atoms with Crippen LogP contribution in [0.15, 0.2) is 24.3 Å². The average molecular weight is 246 g/mol. The van der Waals surface area contributed by atoms with E-state index >= 15 is 0 Å². The molecule has 1 aliphatic heterocycles. The molecule has 0 aliphatic carbocycles. The summed E-state index contributed by atoms with van der Waals surface area (Å²) >= 11 is 0. The summed E-state index contributed by atoms with van der Waals surface area (Å²) in [4.78, 5) is 0. The molecule has 0 amide bonds. The van der Waals surface area contributed by atoms with Crippen molar-refractivity contribution in [3.8, 4) is 5.75 Å². The number of halogens is 2. The van der Waals surface area contributed by atoms with E-state index in [0.717, 1.165) is 25.9 Å². The normalized spacial score (nSPS) is 16.6. The van der Waals surface area contributed by atoms with Gasteiger partial charge in [-0.3, -0.25) is 0 Å². The Morgan fingerprint density at radius 3 is 2.75 bits per heavy atom. The number of benzene rings is 1. The summed E-state index contributed by atoms with van der Waals surface area (Å²) in [5.41, 5.74) is 0. The first-order valence-corrected chi connectivity index (χ1v) is 5.44. The predicted octanol–water partition coefficient (Wildman–Crippen LogP) is 2.63. The van der Waals surface area contributed by atoms with Crippen molar-refractivity contribution in [2.24, 2.45) is 5.92 Å². The van der Waals surface area contributed by atoms with E-state index in [4.69, 9.17) is 4.74 Å². The molecule has 1 heterocycles. The van der Waals surface area contributed by atoms with Crippen molar-refractivity contribution in [2.45, 2.75) is 12.8 Å². The van der Waals surface area contributed by atoms with Gasteiger partial charge in [0.15, 0.2) is 0 Å². The minimum atomic E-state index is -0.238. The number of ether oxygens (including phenoxy) is 1. The third kappa shape index (κ3) is 3.99. The largest absolute Gasteiger partial charge is 0.493 e. The van der Waals surface area contributed by atoms with Crippen molar-refractivity contribution in [3.05, 3.63) is 30.1 Å². The van der Waals surface area contributed by atoms with Gasteiger partial charge >= 0.3 is 0 Å². The first-order chi connectivity index (χ1) is 7.34. The monoisotopic (exact) mass is 245 g/mol. The van der Waals surface area contributed by atoms with Crippen molar-refractivity contribution in [1.82, 2.24) is 5.32 Å². The molecule has 0 radical (unpaired) electrons. The van der Waals surface area contributed by atoms with Crippen molar-refractivity contribution in [3.63, 3.8) is 0 Å². The van der Waals surface area contributed by atoms with Gasteiger partial charge in [0.05, 0.1) is 6.61 Å². The topological polar surface area (TPSA) is 21.3 Å². The Balaban J connectivity index is 0.00000128. The second-order valence-electron chi connectivity index (χ2n) is 3.96. The van der Waals surface area contributed by atoms with Crippen molar-refractivity contribution in [1.29, 1.82) is 0 Å². The van der Waals surface area contributed by atoms with Crippen LogP contribution in [0.25, 0.3) is 0 Å². The van der Waals surface area contributed by atoms with Crippen LogP contribution in [0.1, 0.15) is 12.8 Å². The fourth-order valence-corrected chi connectivity index (χ4v) is 1.82. The van der Waals surface area contributed by atoms with Gasteiger partial charge in [0.2, 0.25) is 0 Å². The van der Waals surface area contributed by atoms with Crippen LogP contribution in [-0.2, 0) is 0 Å². The van der Waals surface area contributed by atoms with Gasteiger partial charge in [0.1, 0.15) is 11.6 Å². The second-order valence-corrected chi connectivity index (χ2v) is 3.96. The van der Waals surface area contributed by atoms with Crippen molar-refractivity contribution >= 4 is 12.4 Å². The Labute approximate surface area is 102 Å². The quantitative estimate of drug-likeness (QED) is 0.884. The van der Waals surface area contributed by atoms with Gasteiger partial charge in [0, 0.05) is 6.07 Å². The highest BCUT2D eigenvalue weighted by Gasteiger charge is 2.13. The molecule has 1 fully saturated rings. The molecule has 0 saturated carbocycles. The summed E-state index contributed by atoms with van der Waals surface area (Å²) < 4.78 is 18.4. The Morgan fingerprint density at radius 2 is 2.06 bits per heavy atom. The predicted molar refractivity (Wildman–Crippen MR) is 64.7 cm³/mol. The van der Waals surface area contributed by atoms with E-state index in [1.807, 2.05) is 0 Å². The van der Waals surface area contributed by atoms with Gasteiger partial charge in [0.25, 0.3) is 0 Å². The zero-order chi connectivity index (χ0) is 10.5. The molecule has 1 saturated heterocycles. The number of nitrogens with one attached hydrogen (secondary N) is 1. The number of hydrogen-bond donors (Lipinski definition) is 1. The first kappa shape index (κ1) is 13.3. The third-order valence-corrected chi connectivity index (χ3v) is 2.74. The molecule has 0 atom stereocenters. The summed E-state index contributed by atoms with van der Waals surface area (Å²) in [5.74, 6) is 1.00. The molecule has 1 N–H and O–H groups in total. The van der Waals surface area contributed by atoms with Crippen LogP contribution < -0.4 is 10.1 Å². The van der Waals surface area contributed by atoms with Crippen LogP contribution in [0.5, 0.6) is 5.75 Å². The fraction of sp³-hybridized carbons (Fsp3) is 0.500. The zero-order valence-corrected chi connectivity index (χ0v) is 9.93. The maximum absolute atomic E-state index is 12.8. The summed E-state index contributed by atoms with van der Waals surface area (Å²) in [5, 5.41) is 3.31. The highest BCUT2D eigenvalue weighted by atomic mass is 35.5. The molecule has 1 aliphatic rings. The molecule has 2 nitrogen and oxygen atoms in total. The standard InChI is InChI=1S/C12H16FNO.ClH/c13-11-2-1-3-12(8-11)15-9-10-4-6-14-7-5-10;/h1-3,8,10,14H,4-7,9H2;1H. The lowest BCUT2D eigenvalue weighted by atomic mass is 9.99. The van der Waals surface area contributed by atoms with Crippen LogP contribution in [0.3, 0.4) is 0 Å². The smallest absolute Gasteiger partial charge is 0.126 e. The van der Waals surface area contributed by atoms with E-state index in [-0.39, 0.29) is 18.2 Å². The first-order valence-electron chi connectivity index (χ1n) is 5.44. The van der Waals surface area contributed by atoms with Crippen molar-refractivity contribution in [2.75, 3.05) is 19.7 Å². The Kier molecular flexibility index (Phi) is 5.56. The van der Waals surface area contributed by atoms with Gasteiger partial charge in [-0.2, -0.15) is 0 Å². The van der Waals surface area contributed by atoms with E-state index in [2.05, 4.69) is 5.32 Å². The maximum atomic E-state index is 12.8. The summed E-state index contributed by atoms with van der Waals surface area (Å²) in [6.45, 7) is 2.83. The molecular weight excluding hydrogens is 229 g/mol. The number of hydrogen-bond acceptors (Lipinski definition) is 2. The Hall–Kier alpha value is -0.800. The summed E-state index contributed by atoms with van der Waals surface area (Å²) in [6.07, 6.45) is 2.30. The Morgan fingerprint density at radius 1 is 1.31 bits per heavy atom. The zero-order valence-electron chi connectivity index (χ0n) is 9.12. The van der Waals surface area contributed by atoms with Gasteiger partial charge in [-0.25, -0.2) is 4.39 Å².